The predicted octanol–water partition coefficient (Wildman–Crippen LogP) is 4.89. The quantitative estimate of drug-likeness (QED) is 0.0543. The van der Waals surface area contributed by atoms with Crippen LogP contribution in [0.5, 0.6) is 0 Å². The van der Waals surface area contributed by atoms with E-state index in [0.29, 0.717) is 52.3 Å². The lowest BCUT2D eigenvalue weighted by atomic mass is 9.81. The van der Waals surface area contributed by atoms with Crippen LogP contribution in [-0.2, 0) is 61.4 Å². The molecule has 0 saturated heterocycles. The summed E-state index contributed by atoms with van der Waals surface area (Å²) in [5.41, 5.74) is 2.30. The highest BCUT2D eigenvalue weighted by atomic mass is 32.2. The lowest BCUT2D eigenvalue weighted by molar-refractivity contribution is -0.438. The number of nitrogens with zero attached hydrogens (tertiary/aromatic N) is 2. The zero-order valence-electron chi connectivity index (χ0n) is 32.8. The molecule has 0 saturated carbocycles. The molecule has 0 aliphatic carbocycles. The first kappa shape index (κ1) is 48.1. The molecule has 0 spiro atoms. The number of benzene rings is 2. The van der Waals surface area contributed by atoms with Crippen molar-refractivity contribution in [2.75, 3.05) is 35.2 Å². The van der Waals surface area contributed by atoms with E-state index in [1.807, 2.05) is 37.2 Å². The third kappa shape index (κ3) is 12.7. The third-order valence-electron chi connectivity index (χ3n) is 10.2. The van der Waals surface area contributed by atoms with E-state index in [1.54, 1.807) is 36.5 Å². The molecule has 326 valence electrons. The average Bonchev–Trinajstić information content (AvgIpc) is 3.42. The van der Waals surface area contributed by atoms with Gasteiger partial charge >= 0.3 is 0 Å². The highest BCUT2D eigenvalue weighted by Crippen LogP contribution is 2.48. The second kappa shape index (κ2) is 17.8. The van der Waals surface area contributed by atoms with E-state index in [-0.39, 0.29) is 42.1 Å². The Hall–Kier alpha value is -3.58. The molecule has 0 aromatic heterocycles. The van der Waals surface area contributed by atoms with E-state index in [0.717, 1.165) is 0 Å². The highest BCUT2D eigenvalue weighted by molar-refractivity contribution is 7.86. The van der Waals surface area contributed by atoms with Crippen LogP contribution in [0.1, 0.15) is 70.9 Å². The van der Waals surface area contributed by atoms with Gasteiger partial charge in [0.2, 0.25) is 5.69 Å². The first-order chi connectivity index (χ1) is 26.9. The van der Waals surface area contributed by atoms with Crippen molar-refractivity contribution in [2.45, 2.75) is 80.4 Å². The number of unbranched alkanes of at least 4 members (excludes halogenated alkanes) is 2. The van der Waals surface area contributed by atoms with Gasteiger partial charge in [-0.2, -0.15) is 46.7 Å². The van der Waals surface area contributed by atoms with Gasteiger partial charge in [0.1, 0.15) is 6.54 Å². The molecule has 4 rings (SSSR count). The maximum Gasteiger partial charge on any atom is 0.294 e. The Morgan fingerprint density at radius 1 is 0.661 bits per heavy atom. The minimum atomic E-state index is -4.55. The third-order valence-corrected chi connectivity index (χ3v) is 14.2. The Morgan fingerprint density at radius 3 is 1.76 bits per heavy atom. The van der Waals surface area contributed by atoms with Crippen LogP contribution >= 0.6 is 0 Å². The van der Waals surface area contributed by atoms with Gasteiger partial charge in [-0.15, -0.1) is 0 Å². The summed E-state index contributed by atoms with van der Waals surface area (Å²) in [7, 11) is -21.9. The van der Waals surface area contributed by atoms with Gasteiger partial charge in [-0.1, -0.05) is 38.2 Å². The Labute approximate surface area is 346 Å². The Morgan fingerprint density at radius 2 is 1.20 bits per heavy atom. The first-order valence-corrected chi connectivity index (χ1v) is 25.9. The van der Waals surface area contributed by atoms with Crippen molar-refractivity contribution < 1.29 is 69.4 Å². The fourth-order valence-electron chi connectivity index (χ4n) is 7.22. The average molecular weight is 922 g/mol. The van der Waals surface area contributed by atoms with Crippen LogP contribution < -0.4 is 4.90 Å². The van der Waals surface area contributed by atoms with Gasteiger partial charge in [0.05, 0.1) is 32.5 Å². The zero-order valence-corrected chi connectivity index (χ0v) is 36.8. The first-order valence-electron chi connectivity index (χ1n) is 18.2. The van der Waals surface area contributed by atoms with E-state index in [1.165, 1.54) is 36.4 Å². The van der Waals surface area contributed by atoms with Gasteiger partial charge in [-0.3, -0.25) is 22.8 Å². The maximum absolute atomic E-state index is 12.0. The Bertz CT molecular complexity index is 2690. The number of rotatable bonds is 19. The van der Waals surface area contributed by atoms with Crippen LogP contribution in [-0.4, -0.2) is 105 Å². The molecule has 2 aliphatic rings. The van der Waals surface area contributed by atoms with Crippen molar-refractivity contribution in [1.29, 1.82) is 0 Å². The summed E-state index contributed by atoms with van der Waals surface area (Å²) in [6.45, 7) is 7.81. The molecule has 22 heteroatoms. The molecule has 0 unspecified atom stereocenters. The van der Waals surface area contributed by atoms with Crippen LogP contribution in [0.2, 0.25) is 0 Å². The zero-order chi connectivity index (χ0) is 44.4. The summed E-state index contributed by atoms with van der Waals surface area (Å²) >= 11 is 0. The van der Waals surface area contributed by atoms with Crippen molar-refractivity contribution in [2.24, 2.45) is 0 Å². The molecule has 0 amide bonds. The highest BCUT2D eigenvalue weighted by Gasteiger charge is 2.45. The van der Waals surface area contributed by atoms with E-state index in [2.05, 4.69) is 0 Å². The molecule has 0 fully saturated rings. The fourth-order valence-corrected chi connectivity index (χ4v) is 9.86. The number of hydrogen-bond donors (Lipinski definition) is 5. The molecule has 0 atom stereocenters. The van der Waals surface area contributed by atoms with E-state index >= 15 is 0 Å². The topological polar surface area (TPSA) is 278 Å². The fraction of sp³-hybridized carbons (Fsp3) is 0.432. The van der Waals surface area contributed by atoms with Gasteiger partial charge < -0.3 is 4.90 Å². The summed E-state index contributed by atoms with van der Waals surface area (Å²) in [4.78, 5) is 1.21. The molecule has 0 radical (unpaired) electrons. The minimum absolute atomic E-state index is 0.122. The molecule has 59 heavy (non-hydrogen) atoms. The van der Waals surface area contributed by atoms with Crippen molar-refractivity contribution in [3.8, 4) is 0 Å². The van der Waals surface area contributed by atoms with E-state index < -0.39 is 78.7 Å². The lowest BCUT2D eigenvalue weighted by Gasteiger charge is -2.27. The van der Waals surface area contributed by atoms with Crippen LogP contribution in [0, 0.1) is 0 Å². The molecule has 2 aromatic rings. The predicted molar refractivity (Wildman–Crippen MR) is 222 cm³/mol. The van der Waals surface area contributed by atoms with E-state index in [9.17, 15) is 64.9 Å². The number of allylic oxidation sites excluding steroid dienone is 8. The number of anilines is 1. The molecular formula is C37H49N2O15S5+. The second-order valence-corrected chi connectivity index (χ2v) is 22.8. The van der Waals surface area contributed by atoms with Crippen LogP contribution in [0.3, 0.4) is 0 Å². The standard InChI is InChI=1S/C37H48N2O15S5/c1-36(2)30-25-28(58(49,50)51)15-17-32(30)38(20-5-7-22-55(40,41)42)34(36)13-9-11-27(19-24-57(46,47)48)12-10-14-35-37(3,4)31-26-29(59(52,53)54)16-18-33(31)39(35)21-6-8-23-56(43,44)45/h9-18,25-26H,5-8,19-24H2,1-4H3,(H4-,40,41,42,43,44,45,46,47,48,49,50,51,52,53,54)/p+1. The van der Waals surface area contributed by atoms with Crippen molar-refractivity contribution in [3.05, 3.63) is 95.3 Å². The summed E-state index contributed by atoms with van der Waals surface area (Å²) in [6, 6.07) is 8.24. The molecule has 2 aliphatic heterocycles. The van der Waals surface area contributed by atoms with Crippen molar-refractivity contribution in [1.82, 2.24) is 0 Å². The largest absolute Gasteiger partial charge is 0.344 e. The lowest BCUT2D eigenvalue weighted by Crippen LogP contribution is -2.28. The SMILES string of the molecule is CC1(C)C(/C=C/C=C(/C=C/C=C2/N(CCCCS(=O)(=O)O)c3ccc(S(=O)(=O)O)cc3C2(C)C)CCS(=O)(=O)O)=[N+](CCCCS(=O)(=O)O)c2ccc(S(=O)(=O)O)cc21. The van der Waals surface area contributed by atoms with Gasteiger partial charge in [0, 0.05) is 47.5 Å². The summed E-state index contributed by atoms with van der Waals surface area (Å²) in [5.74, 6) is -1.56. The van der Waals surface area contributed by atoms with Crippen LogP contribution in [0.4, 0.5) is 11.4 Å². The summed E-state index contributed by atoms with van der Waals surface area (Å²) in [6.07, 6.45) is 10.6. The maximum atomic E-state index is 12.0. The normalized spacial score (nSPS) is 18.1. The van der Waals surface area contributed by atoms with Gasteiger partial charge in [0.25, 0.3) is 50.6 Å². The molecule has 17 nitrogen and oxygen atoms in total. The second-order valence-electron chi connectivity index (χ2n) is 15.3. The van der Waals surface area contributed by atoms with Crippen LogP contribution in [0.15, 0.2) is 93.9 Å². The van der Waals surface area contributed by atoms with Gasteiger partial charge in [-0.05, 0) is 87.1 Å². The van der Waals surface area contributed by atoms with Gasteiger partial charge in [-0.25, -0.2) is 0 Å². The van der Waals surface area contributed by atoms with Crippen molar-refractivity contribution >= 4 is 67.7 Å². The molecule has 5 N–H and O–H groups in total. The molecule has 2 heterocycles. The van der Waals surface area contributed by atoms with Crippen LogP contribution in [0.25, 0.3) is 0 Å². The summed E-state index contributed by atoms with van der Waals surface area (Å²) < 4.78 is 166. The van der Waals surface area contributed by atoms with Crippen molar-refractivity contribution in [3.63, 3.8) is 0 Å². The number of fused-ring (bicyclic) bond motifs is 2. The van der Waals surface area contributed by atoms with E-state index in [4.69, 9.17) is 0 Å². The minimum Gasteiger partial charge on any atom is -0.344 e. The van der Waals surface area contributed by atoms with Gasteiger partial charge in [0.15, 0.2) is 5.71 Å². The Kier molecular flexibility index (Phi) is 14.5. The molecular weight excluding hydrogens is 873 g/mol. The smallest absolute Gasteiger partial charge is 0.294 e. The number of hydrogen-bond acceptors (Lipinski definition) is 11. The molecule has 0 bridgehead atoms. The molecule has 2 aromatic carbocycles. The Balaban J connectivity index is 1.76. The monoisotopic (exact) mass is 921 g/mol. The summed E-state index contributed by atoms with van der Waals surface area (Å²) in [5, 5.41) is 0.